The molecule has 2 heterocycles. The molecule has 13 heteroatoms. The minimum atomic E-state index is -1.07. The van der Waals surface area contributed by atoms with E-state index in [-0.39, 0.29) is 24.9 Å². The largest absolute Gasteiger partial charge is 0.445 e. The Morgan fingerprint density at radius 2 is 1.65 bits per heavy atom. The van der Waals surface area contributed by atoms with Crippen molar-refractivity contribution < 1.29 is 28.6 Å². The summed E-state index contributed by atoms with van der Waals surface area (Å²) in [7, 11) is 1.67. The Labute approximate surface area is 291 Å². The Morgan fingerprint density at radius 1 is 0.980 bits per heavy atom. The molecule has 0 saturated heterocycles. The molecule has 0 fully saturated rings. The number of benzene rings is 2. The Morgan fingerprint density at radius 3 is 2.24 bits per heavy atom. The number of aryl methyl sites for hydroxylation is 1. The number of thiazole rings is 1. The Balaban J connectivity index is 1.47. The van der Waals surface area contributed by atoms with E-state index in [1.165, 1.54) is 17.5 Å². The maximum Gasteiger partial charge on any atom is 0.407 e. The molecule has 0 aliphatic heterocycles. The van der Waals surface area contributed by atoms with Gasteiger partial charge in [0.05, 0.1) is 35.6 Å². The topological polar surface area (TPSA) is 159 Å². The minimum Gasteiger partial charge on any atom is -0.445 e. The van der Waals surface area contributed by atoms with Gasteiger partial charge in [-0.25, -0.2) is 19.6 Å². The summed E-state index contributed by atoms with van der Waals surface area (Å²) in [6.45, 7) is 5.96. The monoisotopic (exact) mass is 690 g/mol. The number of oxazole rings is 1. The quantitative estimate of drug-likeness (QED) is 0.122. The molecule has 0 unspecified atom stereocenters. The van der Waals surface area contributed by atoms with Crippen LogP contribution in [0.5, 0.6) is 0 Å². The summed E-state index contributed by atoms with van der Waals surface area (Å²) < 4.78 is 10.5. The standard InChI is InChI=1S/C36H46N6O6S/c1-5-32-38-28(22-49-32)20-42(4)35(45)41-33(24(2)3)34(44)39-27(16-25-12-8-6-9-13-25)18-31(43)30(17-26-14-10-7-11-15-26)40-36(46)47-21-29-19-37-23-48-29/h6-15,19,22-24,27,30-31,33,43H,5,16-18,20-21H2,1-4H3,(H,39,44)(H,40,46)(H,41,45)/t27-,30-,31-,33-/m0/s1. The lowest BCUT2D eigenvalue weighted by Gasteiger charge is -2.30. The molecule has 0 saturated carbocycles. The molecule has 4 rings (SSSR count). The number of hydrogen-bond acceptors (Lipinski definition) is 9. The van der Waals surface area contributed by atoms with Gasteiger partial charge in [0.25, 0.3) is 0 Å². The SMILES string of the molecule is CCc1nc(CN(C)C(=O)N[C@H](C(=O)N[C@@H](Cc2ccccc2)C[C@H](O)[C@H](Cc2ccccc2)NC(=O)OCc2cnco2)C(C)C)cs1. The molecule has 0 spiro atoms. The number of nitrogens with zero attached hydrogens (tertiary/aromatic N) is 3. The van der Waals surface area contributed by atoms with Crippen molar-refractivity contribution in [1.82, 2.24) is 30.8 Å². The molecule has 0 aliphatic rings. The average molecular weight is 691 g/mol. The molecule has 12 nitrogen and oxygen atoms in total. The van der Waals surface area contributed by atoms with Gasteiger partial charge in [-0.2, -0.15) is 0 Å². The van der Waals surface area contributed by atoms with Crippen molar-refractivity contribution in [3.05, 3.63) is 106 Å². The van der Waals surface area contributed by atoms with Gasteiger partial charge in [0.1, 0.15) is 6.04 Å². The lowest BCUT2D eigenvalue weighted by Crippen LogP contribution is -2.55. The van der Waals surface area contributed by atoms with Crippen LogP contribution >= 0.6 is 11.3 Å². The summed E-state index contributed by atoms with van der Waals surface area (Å²) in [5.41, 5.74) is 2.65. The normalized spacial score (nSPS) is 13.6. The Bertz CT molecular complexity index is 1580. The van der Waals surface area contributed by atoms with Gasteiger partial charge < -0.3 is 35.1 Å². The first kappa shape index (κ1) is 37.1. The van der Waals surface area contributed by atoms with Gasteiger partial charge in [0, 0.05) is 18.5 Å². The summed E-state index contributed by atoms with van der Waals surface area (Å²) in [5, 5.41) is 23.3. The number of aliphatic hydroxyl groups is 1. The number of rotatable bonds is 17. The van der Waals surface area contributed by atoms with E-state index in [9.17, 15) is 19.5 Å². The van der Waals surface area contributed by atoms with Crippen molar-refractivity contribution in [2.45, 2.75) is 83.8 Å². The van der Waals surface area contributed by atoms with Crippen molar-refractivity contribution in [2.24, 2.45) is 5.92 Å². The van der Waals surface area contributed by atoms with Crippen LogP contribution in [0.2, 0.25) is 0 Å². The van der Waals surface area contributed by atoms with Gasteiger partial charge in [-0.15, -0.1) is 11.3 Å². The number of amides is 4. The maximum atomic E-state index is 13.8. The molecule has 4 atom stereocenters. The Kier molecular flexibility index (Phi) is 14.2. The molecule has 262 valence electrons. The van der Waals surface area contributed by atoms with Crippen LogP contribution in [0, 0.1) is 5.92 Å². The van der Waals surface area contributed by atoms with E-state index in [1.807, 2.05) is 86.8 Å². The van der Waals surface area contributed by atoms with Crippen LogP contribution < -0.4 is 16.0 Å². The second-order valence-corrected chi connectivity index (χ2v) is 13.2. The van der Waals surface area contributed by atoms with Crippen LogP contribution in [0.25, 0.3) is 0 Å². The molecule has 4 N–H and O–H groups in total. The van der Waals surface area contributed by atoms with E-state index in [4.69, 9.17) is 9.15 Å². The fraction of sp³-hybridized carbons (Fsp3) is 0.417. The first-order valence-electron chi connectivity index (χ1n) is 16.4. The van der Waals surface area contributed by atoms with Crippen LogP contribution in [-0.4, -0.2) is 69.3 Å². The molecule has 4 aromatic rings. The van der Waals surface area contributed by atoms with Crippen LogP contribution in [0.4, 0.5) is 9.59 Å². The predicted octanol–water partition coefficient (Wildman–Crippen LogP) is 4.88. The first-order valence-corrected chi connectivity index (χ1v) is 17.3. The molecule has 49 heavy (non-hydrogen) atoms. The van der Waals surface area contributed by atoms with Crippen molar-refractivity contribution >= 4 is 29.4 Å². The molecule has 0 aliphatic carbocycles. The zero-order chi connectivity index (χ0) is 35.2. The lowest BCUT2D eigenvalue weighted by atomic mass is 9.93. The summed E-state index contributed by atoms with van der Waals surface area (Å²) in [5.74, 6) is -0.212. The van der Waals surface area contributed by atoms with E-state index >= 15 is 0 Å². The maximum absolute atomic E-state index is 13.8. The van der Waals surface area contributed by atoms with Gasteiger partial charge >= 0.3 is 12.1 Å². The molecule has 2 aromatic heterocycles. The van der Waals surface area contributed by atoms with Gasteiger partial charge in [0.15, 0.2) is 18.8 Å². The fourth-order valence-corrected chi connectivity index (χ4v) is 6.05. The lowest BCUT2D eigenvalue weighted by molar-refractivity contribution is -0.124. The highest BCUT2D eigenvalue weighted by Gasteiger charge is 2.31. The number of aliphatic hydroxyl groups excluding tert-OH is 1. The molecule has 0 bridgehead atoms. The summed E-state index contributed by atoms with van der Waals surface area (Å²) in [4.78, 5) is 49.7. The summed E-state index contributed by atoms with van der Waals surface area (Å²) >= 11 is 1.56. The summed E-state index contributed by atoms with van der Waals surface area (Å²) in [6.07, 6.45) is 2.58. The van der Waals surface area contributed by atoms with Crippen molar-refractivity contribution in [3.63, 3.8) is 0 Å². The van der Waals surface area contributed by atoms with Gasteiger partial charge in [-0.3, -0.25) is 4.79 Å². The molecule has 0 radical (unpaired) electrons. The number of ether oxygens (including phenoxy) is 1. The average Bonchev–Trinajstić information content (AvgIpc) is 3.79. The van der Waals surface area contributed by atoms with Crippen LogP contribution in [0.15, 0.2) is 83.1 Å². The number of nitrogens with one attached hydrogen (secondary N) is 3. The van der Waals surface area contributed by atoms with Crippen LogP contribution in [0.1, 0.15) is 54.8 Å². The van der Waals surface area contributed by atoms with Crippen LogP contribution in [-0.2, 0) is 41.9 Å². The molecular formula is C36H46N6O6S. The zero-order valence-electron chi connectivity index (χ0n) is 28.4. The predicted molar refractivity (Wildman–Crippen MR) is 187 cm³/mol. The highest BCUT2D eigenvalue weighted by molar-refractivity contribution is 7.09. The van der Waals surface area contributed by atoms with Crippen LogP contribution in [0.3, 0.4) is 0 Å². The number of urea groups is 1. The number of aromatic nitrogens is 2. The van der Waals surface area contributed by atoms with E-state index < -0.39 is 36.4 Å². The first-order chi connectivity index (χ1) is 23.6. The molecule has 2 aromatic carbocycles. The minimum absolute atomic E-state index is 0.114. The number of carbonyl (C=O) groups excluding carboxylic acids is 3. The summed E-state index contributed by atoms with van der Waals surface area (Å²) in [6, 6.07) is 16.6. The molecule has 4 amide bonds. The van der Waals surface area contributed by atoms with Crippen molar-refractivity contribution in [2.75, 3.05) is 7.05 Å². The fourth-order valence-electron chi connectivity index (χ4n) is 5.31. The van der Waals surface area contributed by atoms with Gasteiger partial charge in [0.2, 0.25) is 5.91 Å². The van der Waals surface area contributed by atoms with Crippen molar-refractivity contribution in [3.8, 4) is 0 Å². The van der Waals surface area contributed by atoms with E-state index in [2.05, 4.69) is 25.9 Å². The zero-order valence-corrected chi connectivity index (χ0v) is 29.2. The third kappa shape index (κ3) is 12.0. The van der Waals surface area contributed by atoms with Gasteiger partial charge in [-0.05, 0) is 42.7 Å². The second-order valence-electron chi connectivity index (χ2n) is 12.3. The third-order valence-electron chi connectivity index (χ3n) is 7.97. The third-order valence-corrected chi connectivity index (χ3v) is 9.01. The number of alkyl carbamates (subject to hydrolysis) is 1. The second kappa shape index (κ2) is 18.7. The number of carbonyl (C=O) groups is 3. The highest BCUT2D eigenvalue weighted by Crippen LogP contribution is 2.16. The van der Waals surface area contributed by atoms with E-state index in [0.717, 1.165) is 28.2 Å². The molecular weight excluding hydrogens is 644 g/mol. The smallest absolute Gasteiger partial charge is 0.407 e. The van der Waals surface area contributed by atoms with E-state index in [1.54, 1.807) is 18.4 Å². The van der Waals surface area contributed by atoms with Gasteiger partial charge in [-0.1, -0.05) is 81.4 Å². The van der Waals surface area contributed by atoms with E-state index in [0.29, 0.717) is 25.1 Å². The number of hydrogen-bond donors (Lipinski definition) is 4. The Hall–Kier alpha value is -4.75. The highest BCUT2D eigenvalue weighted by atomic mass is 32.1. The van der Waals surface area contributed by atoms with Crippen molar-refractivity contribution in [1.29, 1.82) is 0 Å².